The van der Waals surface area contributed by atoms with E-state index in [2.05, 4.69) is 15.3 Å². The lowest BCUT2D eigenvalue weighted by Crippen LogP contribution is -2.28. The third kappa shape index (κ3) is 4.06. The van der Waals surface area contributed by atoms with Crippen LogP contribution in [0.4, 0.5) is 0 Å². The summed E-state index contributed by atoms with van der Waals surface area (Å²) in [7, 11) is 0. The number of carbonyl (C=O) groups excluding carboxylic acids is 1. The second-order valence-corrected chi connectivity index (χ2v) is 5.12. The minimum Gasteiger partial charge on any atom is -0.396 e. The molecule has 0 radical (unpaired) electrons. The van der Waals surface area contributed by atoms with Crippen molar-refractivity contribution in [2.24, 2.45) is 5.92 Å². The van der Waals surface area contributed by atoms with Crippen molar-refractivity contribution in [1.82, 2.24) is 15.3 Å². The molecule has 3 N–H and O–H groups in total. The molecular weight excluding hydrogens is 254 g/mol. The van der Waals surface area contributed by atoms with Crippen molar-refractivity contribution < 1.29 is 9.90 Å². The fourth-order valence-electron chi connectivity index (χ4n) is 2.05. The van der Waals surface area contributed by atoms with Gasteiger partial charge in [-0.15, -0.1) is 0 Å². The first-order chi connectivity index (χ1) is 9.69. The van der Waals surface area contributed by atoms with Gasteiger partial charge in [0.2, 0.25) is 5.91 Å². The van der Waals surface area contributed by atoms with Crippen molar-refractivity contribution in [1.29, 1.82) is 0 Å². The standard InChI is InChI=1S/C15H21N3O2/c1-11(8-9-19)10-16-15(20)7-6-14-17-12-4-2-3-5-13(12)18-14/h2-5,11,19H,6-10H2,1H3,(H,16,20)(H,17,18). The molecule has 1 amide bonds. The number of para-hydroxylation sites is 2. The average Bonchev–Trinajstić information content (AvgIpc) is 2.86. The number of nitrogens with one attached hydrogen (secondary N) is 2. The van der Waals surface area contributed by atoms with Crippen LogP contribution in [0.2, 0.25) is 0 Å². The molecule has 1 aromatic heterocycles. The predicted octanol–water partition coefficient (Wildman–Crippen LogP) is 1.63. The van der Waals surface area contributed by atoms with Crippen LogP contribution in [-0.2, 0) is 11.2 Å². The van der Waals surface area contributed by atoms with Gasteiger partial charge in [0.05, 0.1) is 11.0 Å². The minimum atomic E-state index is 0.0234. The Morgan fingerprint density at radius 2 is 2.25 bits per heavy atom. The Morgan fingerprint density at radius 3 is 3.00 bits per heavy atom. The molecule has 2 aromatic rings. The van der Waals surface area contributed by atoms with Crippen LogP contribution in [0.25, 0.3) is 11.0 Å². The molecule has 2 rings (SSSR count). The second-order valence-electron chi connectivity index (χ2n) is 5.12. The number of imidazole rings is 1. The molecule has 5 heteroatoms. The van der Waals surface area contributed by atoms with Gasteiger partial charge in [0.1, 0.15) is 5.82 Å². The molecule has 1 atom stereocenters. The van der Waals surface area contributed by atoms with Gasteiger partial charge in [0, 0.05) is 26.0 Å². The first kappa shape index (κ1) is 14.5. The molecule has 0 saturated carbocycles. The molecule has 1 aromatic carbocycles. The van der Waals surface area contributed by atoms with E-state index in [4.69, 9.17) is 5.11 Å². The van der Waals surface area contributed by atoms with Gasteiger partial charge >= 0.3 is 0 Å². The summed E-state index contributed by atoms with van der Waals surface area (Å²) in [6, 6.07) is 7.83. The smallest absolute Gasteiger partial charge is 0.220 e. The zero-order chi connectivity index (χ0) is 14.4. The van der Waals surface area contributed by atoms with Gasteiger partial charge in [-0.3, -0.25) is 4.79 Å². The van der Waals surface area contributed by atoms with Crippen molar-refractivity contribution in [2.45, 2.75) is 26.2 Å². The summed E-state index contributed by atoms with van der Waals surface area (Å²) in [6.07, 6.45) is 1.74. The highest BCUT2D eigenvalue weighted by Gasteiger charge is 2.07. The third-order valence-electron chi connectivity index (χ3n) is 3.30. The van der Waals surface area contributed by atoms with Crippen LogP contribution < -0.4 is 5.32 Å². The van der Waals surface area contributed by atoms with E-state index in [1.807, 2.05) is 31.2 Å². The van der Waals surface area contributed by atoms with Crippen molar-refractivity contribution in [2.75, 3.05) is 13.2 Å². The molecule has 0 aliphatic carbocycles. The number of fused-ring (bicyclic) bond motifs is 1. The molecule has 0 fully saturated rings. The molecule has 0 aliphatic heterocycles. The Labute approximate surface area is 118 Å². The van der Waals surface area contributed by atoms with Crippen LogP contribution >= 0.6 is 0 Å². The van der Waals surface area contributed by atoms with Crippen molar-refractivity contribution >= 4 is 16.9 Å². The molecule has 1 heterocycles. The normalized spacial score (nSPS) is 12.5. The topological polar surface area (TPSA) is 78.0 Å². The van der Waals surface area contributed by atoms with E-state index in [1.54, 1.807) is 0 Å². The molecule has 1 unspecified atom stereocenters. The number of rotatable bonds is 7. The monoisotopic (exact) mass is 275 g/mol. The van der Waals surface area contributed by atoms with Crippen LogP contribution in [0.15, 0.2) is 24.3 Å². The Hall–Kier alpha value is -1.88. The van der Waals surface area contributed by atoms with E-state index in [-0.39, 0.29) is 12.5 Å². The SMILES string of the molecule is CC(CCO)CNC(=O)CCc1nc2ccccc2[nH]1. The summed E-state index contributed by atoms with van der Waals surface area (Å²) in [5, 5.41) is 11.7. The Morgan fingerprint density at radius 1 is 1.45 bits per heavy atom. The zero-order valence-corrected chi connectivity index (χ0v) is 11.7. The number of nitrogens with zero attached hydrogens (tertiary/aromatic N) is 1. The first-order valence-corrected chi connectivity index (χ1v) is 7.00. The van der Waals surface area contributed by atoms with E-state index < -0.39 is 0 Å². The van der Waals surface area contributed by atoms with Crippen molar-refractivity contribution in [3.8, 4) is 0 Å². The summed E-state index contributed by atoms with van der Waals surface area (Å²) in [4.78, 5) is 19.4. The fraction of sp³-hybridized carbons (Fsp3) is 0.467. The number of aliphatic hydroxyl groups excluding tert-OH is 1. The van der Waals surface area contributed by atoms with Crippen LogP contribution in [-0.4, -0.2) is 34.1 Å². The average molecular weight is 275 g/mol. The number of benzene rings is 1. The fourth-order valence-corrected chi connectivity index (χ4v) is 2.05. The number of aryl methyl sites for hydroxylation is 1. The van der Waals surface area contributed by atoms with Crippen LogP contribution in [0.5, 0.6) is 0 Å². The van der Waals surface area contributed by atoms with Gasteiger partial charge in [0.15, 0.2) is 0 Å². The second kappa shape index (κ2) is 7.05. The Bertz CT molecular complexity index is 532. The quantitative estimate of drug-likeness (QED) is 0.718. The van der Waals surface area contributed by atoms with Gasteiger partial charge < -0.3 is 15.4 Å². The molecular formula is C15H21N3O2. The van der Waals surface area contributed by atoms with Crippen LogP contribution in [0, 0.1) is 5.92 Å². The number of H-pyrrole nitrogens is 1. The minimum absolute atomic E-state index is 0.0234. The van der Waals surface area contributed by atoms with E-state index in [0.717, 1.165) is 16.9 Å². The highest BCUT2D eigenvalue weighted by molar-refractivity contribution is 5.77. The van der Waals surface area contributed by atoms with E-state index in [0.29, 0.717) is 31.7 Å². The maximum atomic E-state index is 11.7. The number of aromatic nitrogens is 2. The van der Waals surface area contributed by atoms with Crippen molar-refractivity contribution in [3.05, 3.63) is 30.1 Å². The van der Waals surface area contributed by atoms with Gasteiger partial charge in [-0.1, -0.05) is 19.1 Å². The maximum Gasteiger partial charge on any atom is 0.220 e. The largest absolute Gasteiger partial charge is 0.396 e. The number of hydrogen-bond acceptors (Lipinski definition) is 3. The maximum absolute atomic E-state index is 11.7. The summed E-state index contributed by atoms with van der Waals surface area (Å²) in [5.74, 6) is 1.16. The molecule has 0 bridgehead atoms. The van der Waals surface area contributed by atoms with Gasteiger partial charge in [0.25, 0.3) is 0 Å². The lowest BCUT2D eigenvalue weighted by molar-refractivity contribution is -0.121. The zero-order valence-electron chi connectivity index (χ0n) is 11.7. The summed E-state index contributed by atoms with van der Waals surface area (Å²) in [6.45, 7) is 2.78. The highest BCUT2D eigenvalue weighted by atomic mass is 16.3. The van der Waals surface area contributed by atoms with Crippen LogP contribution in [0.3, 0.4) is 0 Å². The molecule has 0 spiro atoms. The van der Waals surface area contributed by atoms with Crippen LogP contribution in [0.1, 0.15) is 25.6 Å². The Kier molecular flexibility index (Phi) is 5.12. The lowest BCUT2D eigenvalue weighted by Gasteiger charge is -2.10. The Balaban J connectivity index is 1.78. The summed E-state index contributed by atoms with van der Waals surface area (Å²) < 4.78 is 0. The predicted molar refractivity (Wildman–Crippen MR) is 78.3 cm³/mol. The number of amides is 1. The van der Waals surface area contributed by atoms with Gasteiger partial charge in [-0.2, -0.15) is 0 Å². The lowest BCUT2D eigenvalue weighted by atomic mass is 10.1. The van der Waals surface area contributed by atoms with E-state index in [1.165, 1.54) is 0 Å². The number of carbonyl (C=O) groups is 1. The molecule has 0 aliphatic rings. The number of aromatic amines is 1. The molecule has 20 heavy (non-hydrogen) atoms. The van der Waals surface area contributed by atoms with E-state index >= 15 is 0 Å². The summed E-state index contributed by atoms with van der Waals surface area (Å²) >= 11 is 0. The van der Waals surface area contributed by atoms with Gasteiger partial charge in [-0.25, -0.2) is 4.98 Å². The number of aliphatic hydroxyl groups is 1. The number of hydrogen-bond donors (Lipinski definition) is 3. The third-order valence-corrected chi connectivity index (χ3v) is 3.30. The van der Waals surface area contributed by atoms with E-state index in [9.17, 15) is 4.79 Å². The molecule has 0 saturated heterocycles. The van der Waals surface area contributed by atoms with Gasteiger partial charge in [-0.05, 0) is 24.5 Å². The summed E-state index contributed by atoms with van der Waals surface area (Å²) in [5.41, 5.74) is 1.93. The molecule has 108 valence electrons. The van der Waals surface area contributed by atoms with Crippen molar-refractivity contribution in [3.63, 3.8) is 0 Å². The first-order valence-electron chi connectivity index (χ1n) is 7.00. The highest BCUT2D eigenvalue weighted by Crippen LogP contribution is 2.11. The molecule has 5 nitrogen and oxygen atoms in total.